The number of halogens is 1. The summed E-state index contributed by atoms with van der Waals surface area (Å²) in [5, 5.41) is 0. The molecule has 0 unspecified atom stereocenters. The highest BCUT2D eigenvalue weighted by atomic mass is 79.9. The minimum absolute atomic E-state index is 0.592. The molecule has 4 heteroatoms. The van der Waals surface area contributed by atoms with Gasteiger partial charge in [0.25, 0.3) is 0 Å². The first-order valence-electron chi connectivity index (χ1n) is 4.35. The highest BCUT2D eigenvalue weighted by molar-refractivity contribution is 9.11. The minimum atomic E-state index is 0.592. The van der Waals surface area contributed by atoms with Gasteiger partial charge in [0.2, 0.25) is 0 Å². The van der Waals surface area contributed by atoms with Gasteiger partial charge in [-0.15, -0.1) is 11.3 Å². The summed E-state index contributed by atoms with van der Waals surface area (Å²) < 4.78 is 1.15. The molecule has 14 heavy (non-hydrogen) atoms. The zero-order valence-electron chi connectivity index (χ0n) is 7.80. The van der Waals surface area contributed by atoms with Gasteiger partial charge in [0.1, 0.15) is 0 Å². The fourth-order valence-electron chi connectivity index (χ4n) is 1.40. The second-order valence-electron chi connectivity index (χ2n) is 3.14. The van der Waals surface area contributed by atoms with E-state index in [1.54, 1.807) is 11.3 Å². The van der Waals surface area contributed by atoms with Gasteiger partial charge in [-0.1, -0.05) is 0 Å². The van der Waals surface area contributed by atoms with Crippen LogP contribution in [-0.4, -0.2) is 4.98 Å². The van der Waals surface area contributed by atoms with Gasteiger partial charge < -0.3 is 10.7 Å². The standard InChI is InChI=1S/C10H11BrN2S/c1-6-7(5-12)4-8(13-6)9-2-3-10(11)14-9/h2-4,13H,5,12H2,1H3. The first-order chi connectivity index (χ1) is 6.70. The minimum Gasteiger partial charge on any atom is -0.358 e. The van der Waals surface area contributed by atoms with Crippen molar-refractivity contribution < 1.29 is 0 Å². The van der Waals surface area contributed by atoms with E-state index < -0.39 is 0 Å². The fraction of sp³-hybridized carbons (Fsp3) is 0.200. The summed E-state index contributed by atoms with van der Waals surface area (Å²) >= 11 is 5.17. The van der Waals surface area contributed by atoms with Crippen molar-refractivity contribution >= 4 is 27.3 Å². The monoisotopic (exact) mass is 270 g/mol. The van der Waals surface area contributed by atoms with E-state index in [0.29, 0.717) is 6.54 Å². The van der Waals surface area contributed by atoms with Crippen molar-refractivity contribution in [2.24, 2.45) is 5.73 Å². The number of nitrogens with one attached hydrogen (secondary N) is 1. The normalized spacial score (nSPS) is 10.8. The molecule has 2 aromatic heterocycles. The third-order valence-electron chi connectivity index (χ3n) is 2.18. The largest absolute Gasteiger partial charge is 0.358 e. The molecule has 0 bridgehead atoms. The molecule has 0 saturated carbocycles. The predicted molar refractivity (Wildman–Crippen MR) is 64.4 cm³/mol. The van der Waals surface area contributed by atoms with Gasteiger partial charge >= 0.3 is 0 Å². The van der Waals surface area contributed by atoms with Gasteiger partial charge in [-0.3, -0.25) is 0 Å². The first-order valence-corrected chi connectivity index (χ1v) is 5.96. The molecule has 0 fully saturated rings. The van der Waals surface area contributed by atoms with Gasteiger partial charge in [-0.25, -0.2) is 0 Å². The number of nitrogens with two attached hydrogens (primary N) is 1. The van der Waals surface area contributed by atoms with Crippen LogP contribution in [0, 0.1) is 6.92 Å². The molecule has 0 aromatic carbocycles. The van der Waals surface area contributed by atoms with Gasteiger partial charge in [-0.05, 0) is 46.6 Å². The second-order valence-corrected chi connectivity index (χ2v) is 5.60. The number of hydrogen-bond donors (Lipinski definition) is 2. The van der Waals surface area contributed by atoms with E-state index in [2.05, 4.69) is 39.1 Å². The number of aromatic nitrogens is 1. The molecule has 0 aliphatic carbocycles. The maximum Gasteiger partial charge on any atom is 0.0705 e. The number of rotatable bonds is 2. The van der Waals surface area contributed by atoms with E-state index in [4.69, 9.17) is 5.73 Å². The summed E-state index contributed by atoms with van der Waals surface area (Å²) in [6.45, 7) is 2.64. The Morgan fingerprint density at radius 3 is 2.79 bits per heavy atom. The highest BCUT2D eigenvalue weighted by Gasteiger charge is 2.06. The zero-order valence-corrected chi connectivity index (χ0v) is 10.2. The quantitative estimate of drug-likeness (QED) is 0.864. The highest BCUT2D eigenvalue weighted by Crippen LogP contribution is 2.31. The molecule has 0 saturated heterocycles. The summed E-state index contributed by atoms with van der Waals surface area (Å²) in [5.74, 6) is 0. The lowest BCUT2D eigenvalue weighted by Gasteiger charge is -1.89. The molecule has 3 N–H and O–H groups in total. The van der Waals surface area contributed by atoms with Crippen molar-refractivity contribution in [1.82, 2.24) is 4.98 Å². The summed E-state index contributed by atoms with van der Waals surface area (Å²) in [6, 6.07) is 6.27. The van der Waals surface area contributed by atoms with Crippen LogP contribution >= 0.6 is 27.3 Å². The number of aryl methyl sites for hydroxylation is 1. The first kappa shape index (κ1) is 9.96. The van der Waals surface area contributed by atoms with Crippen LogP contribution in [-0.2, 0) is 6.54 Å². The van der Waals surface area contributed by atoms with Gasteiger partial charge in [0.15, 0.2) is 0 Å². The van der Waals surface area contributed by atoms with Crippen molar-refractivity contribution in [3.63, 3.8) is 0 Å². The van der Waals surface area contributed by atoms with Crippen molar-refractivity contribution in [2.45, 2.75) is 13.5 Å². The number of thiophene rings is 1. The number of hydrogen-bond acceptors (Lipinski definition) is 2. The van der Waals surface area contributed by atoms with Crippen molar-refractivity contribution in [2.75, 3.05) is 0 Å². The zero-order chi connectivity index (χ0) is 10.1. The van der Waals surface area contributed by atoms with Crippen molar-refractivity contribution in [1.29, 1.82) is 0 Å². The molecule has 0 atom stereocenters. The van der Waals surface area contributed by atoms with Gasteiger partial charge in [0.05, 0.1) is 14.4 Å². The second kappa shape index (κ2) is 3.88. The van der Waals surface area contributed by atoms with Gasteiger partial charge in [-0.2, -0.15) is 0 Å². The molecular weight excluding hydrogens is 260 g/mol. The lowest BCUT2D eigenvalue weighted by atomic mass is 10.2. The Labute approximate surface area is 95.3 Å². The molecule has 0 radical (unpaired) electrons. The molecule has 0 spiro atoms. The Balaban J connectivity index is 2.42. The van der Waals surface area contributed by atoms with E-state index in [1.807, 2.05) is 6.92 Å². The Bertz CT molecular complexity index is 445. The van der Waals surface area contributed by atoms with E-state index in [1.165, 1.54) is 10.4 Å². The predicted octanol–water partition coefficient (Wildman–Crippen LogP) is 3.27. The summed E-state index contributed by atoms with van der Waals surface area (Å²) in [7, 11) is 0. The lowest BCUT2D eigenvalue weighted by molar-refractivity contribution is 1.04. The van der Waals surface area contributed by atoms with Crippen molar-refractivity contribution in [3.8, 4) is 10.6 Å². The summed E-state index contributed by atoms with van der Waals surface area (Å²) in [4.78, 5) is 4.57. The van der Waals surface area contributed by atoms with E-state index in [9.17, 15) is 0 Å². The molecule has 0 amide bonds. The lowest BCUT2D eigenvalue weighted by Crippen LogP contribution is -1.95. The Hall–Kier alpha value is -0.580. The van der Waals surface area contributed by atoms with Crippen molar-refractivity contribution in [3.05, 3.63) is 33.2 Å². The topological polar surface area (TPSA) is 41.8 Å². The van der Waals surface area contributed by atoms with Gasteiger partial charge in [0, 0.05) is 12.2 Å². The molecule has 74 valence electrons. The molecule has 0 aliphatic heterocycles. The Morgan fingerprint density at radius 1 is 1.50 bits per heavy atom. The van der Waals surface area contributed by atoms with Crippen LogP contribution in [0.5, 0.6) is 0 Å². The fourth-order valence-corrected chi connectivity index (χ4v) is 2.76. The van der Waals surface area contributed by atoms with E-state index in [0.717, 1.165) is 15.2 Å². The molecule has 2 rings (SSSR count). The van der Waals surface area contributed by atoms with Crippen LogP contribution in [0.25, 0.3) is 10.6 Å². The average Bonchev–Trinajstić information content (AvgIpc) is 2.71. The van der Waals surface area contributed by atoms with E-state index in [-0.39, 0.29) is 0 Å². The van der Waals surface area contributed by atoms with Crippen LogP contribution in [0.3, 0.4) is 0 Å². The molecule has 0 aliphatic rings. The van der Waals surface area contributed by atoms with Crippen LogP contribution < -0.4 is 5.73 Å². The Kier molecular flexibility index (Phi) is 2.76. The number of H-pyrrole nitrogens is 1. The smallest absolute Gasteiger partial charge is 0.0705 e. The molecular formula is C10H11BrN2S. The SMILES string of the molecule is Cc1[nH]c(-c2ccc(Br)s2)cc1CN. The third kappa shape index (κ3) is 1.78. The molecule has 2 nitrogen and oxygen atoms in total. The molecule has 2 aromatic rings. The number of aromatic amines is 1. The maximum absolute atomic E-state index is 5.62. The van der Waals surface area contributed by atoms with E-state index >= 15 is 0 Å². The molecule has 2 heterocycles. The summed E-state index contributed by atoms with van der Waals surface area (Å²) in [5.41, 5.74) is 9.12. The van der Waals surface area contributed by atoms with Crippen LogP contribution in [0.4, 0.5) is 0 Å². The Morgan fingerprint density at radius 2 is 2.29 bits per heavy atom. The van der Waals surface area contributed by atoms with Crippen LogP contribution in [0.2, 0.25) is 0 Å². The summed E-state index contributed by atoms with van der Waals surface area (Å²) in [6.07, 6.45) is 0. The van der Waals surface area contributed by atoms with Crippen LogP contribution in [0.1, 0.15) is 11.3 Å². The average molecular weight is 271 g/mol. The van der Waals surface area contributed by atoms with Crippen LogP contribution in [0.15, 0.2) is 22.0 Å². The third-order valence-corrected chi connectivity index (χ3v) is 3.84. The maximum atomic E-state index is 5.62.